The van der Waals surface area contributed by atoms with Crippen molar-refractivity contribution in [1.29, 1.82) is 0 Å². The quantitative estimate of drug-likeness (QED) is 0.759. The van der Waals surface area contributed by atoms with E-state index >= 15 is 0 Å². The van der Waals surface area contributed by atoms with Crippen LogP contribution in [0.4, 0.5) is 0 Å². The van der Waals surface area contributed by atoms with Crippen LogP contribution < -0.4 is 11.1 Å². The first kappa shape index (κ1) is 13.1. The maximum atomic E-state index is 11.5. The summed E-state index contributed by atoms with van der Waals surface area (Å²) in [7, 11) is 1.55. The third kappa shape index (κ3) is 4.26. The van der Waals surface area contributed by atoms with Crippen LogP contribution >= 0.6 is 11.3 Å². The zero-order valence-electron chi connectivity index (χ0n) is 9.53. The molecule has 0 aliphatic heterocycles. The molecule has 0 aliphatic rings. The Morgan fingerprint density at radius 3 is 3.00 bits per heavy atom. The lowest BCUT2D eigenvalue weighted by molar-refractivity contribution is -0.123. The predicted octanol–water partition coefficient (Wildman–Crippen LogP) is 0.432. The molecule has 0 fully saturated rings. The van der Waals surface area contributed by atoms with E-state index in [1.165, 1.54) is 0 Å². The molecule has 0 radical (unpaired) electrons. The molecule has 6 heteroatoms. The molecule has 0 aromatic carbocycles. The summed E-state index contributed by atoms with van der Waals surface area (Å²) in [5.41, 5.74) is 5.43. The second-order valence-electron chi connectivity index (χ2n) is 3.44. The topological polar surface area (TPSA) is 77.2 Å². The zero-order valence-corrected chi connectivity index (χ0v) is 10.3. The second kappa shape index (κ2) is 6.57. The molecule has 1 rings (SSSR count). The molecular weight excluding hydrogens is 226 g/mol. The van der Waals surface area contributed by atoms with E-state index in [1.54, 1.807) is 24.6 Å². The van der Waals surface area contributed by atoms with Crippen molar-refractivity contribution in [1.82, 2.24) is 10.3 Å². The summed E-state index contributed by atoms with van der Waals surface area (Å²) in [5.74, 6) is -0.0647. The van der Waals surface area contributed by atoms with Crippen LogP contribution in [-0.2, 0) is 16.1 Å². The number of amides is 1. The third-order valence-electron chi connectivity index (χ3n) is 2.12. The van der Waals surface area contributed by atoms with E-state index in [1.807, 2.05) is 6.92 Å². The van der Waals surface area contributed by atoms with Crippen LogP contribution in [0.5, 0.6) is 0 Å². The van der Waals surface area contributed by atoms with Crippen molar-refractivity contribution in [2.75, 3.05) is 13.7 Å². The molecule has 0 spiro atoms. The third-order valence-corrected chi connectivity index (χ3v) is 3.03. The molecule has 1 atom stereocenters. The highest BCUT2D eigenvalue weighted by atomic mass is 32.1. The van der Waals surface area contributed by atoms with Gasteiger partial charge in [-0.15, -0.1) is 11.3 Å². The van der Waals surface area contributed by atoms with E-state index in [0.717, 1.165) is 9.88 Å². The van der Waals surface area contributed by atoms with Crippen molar-refractivity contribution in [2.45, 2.75) is 26.0 Å². The Morgan fingerprint density at radius 2 is 2.50 bits per heavy atom. The van der Waals surface area contributed by atoms with Gasteiger partial charge in [0.15, 0.2) is 0 Å². The Morgan fingerprint density at radius 1 is 1.75 bits per heavy atom. The van der Waals surface area contributed by atoms with E-state index in [0.29, 0.717) is 13.1 Å². The first-order chi connectivity index (χ1) is 7.65. The lowest BCUT2D eigenvalue weighted by atomic mass is 10.2. The number of nitrogens with zero attached hydrogens (tertiary/aromatic N) is 1. The number of hydrogen-bond donors (Lipinski definition) is 2. The van der Waals surface area contributed by atoms with Crippen LogP contribution in [0.15, 0.2) is 6.20 Å². The molecule has 3 N–H and O–H groups in total. The van der Waals surface area contributed by atoms with Gasteiger partial charge in [-0.1, -0.05) is 0 Å². The minimum absolute atomic E-state index is 0.0647. The summed E-state index contributed by atoms with van der Waals surface area (Å²) in [4.78, 5) is 16.8. The van der Waals surface area contributed by atoms with Crippen molar-refractivity contribution >= 4 is 17.2 Å². The van der Waals surface area contributed by atoms with Gasteiger partial charge in [-0.3, -0.25) is 4.79 Å². The van der Waals surface area contributed by atoms with Crippen molar-refractivity contribution in [3.05, 3.63) is 16.1 Å². The Balaban J connectivity index is 2.30. The molecule has 0 aliphatic carbocycles. The van der Waals surface area contributed by atoms with Gasteiger partial charge in [0.25, 0.3) is 0 Å². The first-order valence-electron chi connectivity index (χ1n) is 5.06. The van der Waals surface area contributed by atoms with Crippen molar-refractivity contribution in [3.63, 3.8) is 0 Å². The molecule has 0 saturated carbocycles. The van der Waals surface area contributed by atoms with Gasteiger partial charge in [-0.05, 0) is 6.92 Å². The van der Waals surface area contributed by atoms with Crippen LogP contribution in [0.2, 0.25) is 0 Å². The molecule has 90 valence electrons. The van der Waals surface area contributed by atoms with E-state index in [-0.39, 0.29) is 18.4 Å². The number of carbonyl (C=O) groups is 1. The van der Waals surface area contributed by atoms with Gasteiger partial charge < -0.3 is 15.8 Å². The molecule has 0 bridgehead atoms. The first-order valence-corrected chi connectivity index (χ1v) is 5.88. The van der Waals surface area contributed by atoms with Gasteiger partial charge in [-0.25, -0.2) is 4.98 Å². The Labute approximate surface area is 99.0 Å². The average Bonchev–Trinajstić information content (AvgIpc) is 2.69. The smallest absolute Gasteiger partial charge is 0.223 e. The molecule has 1 aromatic heterocycles. The number of carbonyl (C=O) groups excluding carboxylic acids is 1. The standard InChI is InChI=1S/C10H17N3O2S/c1-7-5-13-10(16-7)6-12-9(14)3-8(4-11)15-2/h5,8H,3-4,6,11H2,1-2H3,(H,12,14). The van der Waals surface area contributed by atoms with Gasteiger partial charge >= 0.3 is 0 Å². The number of rotatable bonds is 6. The number of ether oxygens (including phenoxy) is 1. The number of hydrogen-bond acceptors (Lipinski definition) is 5. The summed E-state index contributed by atoms with van der Waals surface area (Å²) >= 11 is 1.58. The molecule has 16 heavy (non-hydrogen) atoms. The highest BCUT2D eigenvalue weighted by molar-refractivity contribution is 7.11. The molecule has 5 nitrogen and oxygen atoms in total. The van der Waals surface area contributed by atoms with Gasteiger partial charge in [0.1, 0.15) is 5.01 Å². The van der Waals surface area contributed by atoms with Crippen LogP contribution in [0, 0.1) is 6.92 Å². The summed E-state index contributed by atoms with van der Waals surface area (Å²) in [5, 5.41) is 3.69. The fourth-order valence-corrected chi connectivity index (χ4v) is 1.93. The monoisotopic (exact) mass is 243 g/mol. The Kier molecular flexibility index (Phi) is 5.37. The molecule has 1 amide bonds. The van der Waals surface area contributed by atoms with Gasteiger partial charge in [-0.2, -0.15) is 0 Å². The van der Waals surface area contributed by atoms with Gasteiger partial charge in [0.05, 0.1) is 19.1 Å². The van der Waals surface area contributed by atoms with E-state index in [9.17, 15) is 4.79 Å². The van der Waals surface area contributed by atoms with Gasteiger partial charge in [0.2, 0.25) is 5.91 Å². The van der Waals surface area contributed by atoms with Crippen LogP contribution in [0.25, 0.3) is 0 Å². The lowest BCUT2D eigenvalue weighted by Crippen LogP contribution is -2.31. The molecule has 1 heterocycles. The van der Waals surface area contributed by atoms with E-state index in [4.69, 9.17) is 10.5 Å². The SMILES string of the molecule is COC(CN)CC(=O)NCc1ncc(C)s1. The molecule has 0 saturated heterocycles. The molecule has 1 aromatic rings. The molecular formula is C10H17N3O2S. The number of nitrogens with one attached hydrogen (secondary N) is 1. The minimum Gasteiger partial charge on any atom is -0.380 e. The fourth-order valence-electron chi connectivity index (χ4n) is 1.20. The Bertz CT molecular complexity index is 337. The minimum atomic E-state index is -0.210. The predicted molar refractivity (Wildman–Crippen MR) is 63.2 cm³/mol. The second-order valence-corrected chi connectivity index (χ2v) is 4.76. The van der Waals surface area contributed by atoms with Crippen molar-refractivity contribution in [3.8, 4) is 0 Å². The van der Waals surface area contributed by atoms with E-state index < -0.39 is 0 Å². The largest absolute Gasteiger partial charge is 0.380 e. The number of aryl methyl sites for hydroxylation is 1. The summed E-state index contributed by atoms with van der Waals surface area (Å²) in [6.45, 7) is 2.80. The van der Waals surface area contributed by atoms with Crippen LogP contribution in [0.1, 0.15) is 16.3 Å². The van der Waals surface area contributed by atoms with Gasteiger partial charge in [0, 0.05) is 24.7 Å². The highest BCUT2D eigenvalue weighted by Gasteiger charge is 2.11. The Hall–Kier alpha value is -0.980. The van der Waals surface area contributed by atoms with Crippen molar-refractivity contribution in [2.24, 2.45) is 5.73 Å². The fraction of sp³-hybridized carbons (Fsp3) is 0.600. The molecule has 1 unspecified atom stereocenters. The lowest BCUT2D eigenvalue weighted by Gasteiger charge is -2.11. The highest BCUT2D eigenvalue weighted by Crippen LogP contribution is 2.10. The number of nitrogens with two attached hydrogens (primary N) is 1. The number of aromatic nitrogens is 1. The maximum Gasteiger partial charge on any atom is 0.223 e. The average molecular weight is 243 g/mol. The zero-order chi connectivity index (χ0) is 12.0. The van der Waals surface area contributed by atoms with Crippen LogP contribution in [-0.4, -0.2) is 30.6 Å². The number of methoxy groups -OCH3 is 1. The van der Waals surface area contributed by atoms with E-state index in [2.05, 4.69) is 10.3 Å². The van der Waals surface area contributed by atoms with Crippen molar-refractivity contribution < 1.29 is 9.53 Å². The summed E-state index contributed by atoms with van der Waals surface area (Å²) in [6, 6.07) is 0. The van der Waals surface area contributed by atoms with Crippen LogP contribution in [0.3, 0.4) is 0 Å². The normalized spacial score (nSPS) is 12.4. The summed E-state index contributed by atoms with van der Waals surface area (Å²) in [6.07, 6.45) is 1.87. The summed E-state index contributed by atoms with van der Waals surface area (Å²) < 4.78 is 5.03. The maximum absolute atomic E-state index is 11.5. The number of thiazole rings is 1.